The number of carbonyl (C=O) groups excluding carboxylic acids is 1. The van der Waals surface area contributed by atoms with Crippen LogP contribution in [-0.2, 0) is 13.0 Å². The standard InChI is InChI=1S/C24H30N4O2S/c1-26(16-19-15-18-9-5-6-10-21(18)30-19)17-20-22(25-24-28(20)13-14-31-24)23(29)27-11-7-3-2-4-8-12-27/h5-6,9-10,13-14,19H,2-4,7-8,11-12,15-17H2,1H3. The van der Waals surface area contributed by atoms with Crippen molar-refractivity contribution in [2.24, 2.45) is 0 Å². The van der Waals surface area contributed by atoms with Crippen LogP contribution in [0.4, 0.5) is 0 Å². The smallest absolute Gasteiger partial charge is 0.274 e. The zero-order chi connectivity index (χ0) is 21.2. The molecule has 5 rings (SSSR count). The van der Waals surface area contributed by atoms with Crippen LogP contribution in [0.25, 0.3) is 4.96 Å². The second kappa shape index (κ2) is 9.01. The number of likely N-dealkylation sites (tertiary alicyclic amines) is 1. The van der Waals surface area contributed by atoms with Gasteiger partial charge in [-0.15, -0.1) is 11.3 Å². The summed E-state index contributed by atoms with van der Waals surface area (Å²) >= 11 is 1.58. The van der Waals surface area contributed by atoms with Gasteiger partial charge < -0.3 is 9.64 Å². The van der Waals surface area contributed by atoms with Crippen molar-refractivity contribution in [3.63, 3.8) is 0 Å². The van der Waals surface area contributed by atoms with Gasteiger partial charge in [-0.1, -0.05) is 37.5 Å². The summed E-state index contributed by atoms with van der Waals surface area (Å²) < 4.78 is 8.22. The molecule has 4 heterocycles. The fourth-order valence-electron chi connectivity index (χ4n) is 4.78. The van der Waals surface area contributed by atoms with Crippen molar-refractivity contribution in [2.75, 3.05) is 26.7 Å². The molecule has 0 spiro atoms. The fraction of sp³-hybridized carbons (Fsp3) is 0.500. The molecule has 1 saturated heterocycles. The first-order valence-corrected chi connectivity index (χ1v) is 12.2. The summed E-state index contributed by atoms with van der Waals surface area (Å²) in [5.41, 5.74) is 2.88. The summed E-state index contributed by atoms with van der Waals surface area (Å²) in [4.78, 5) is 23.4. The molecule has 0 N–H and O–H groups in total. The second-order valence-corrected chi connectivity index (χ2v) is 9.64. The third kappa shape index (κ3) is 4.34. The predicted molar refractivity (Wildman–Crippen MR) is 123 cm³/mol. The lowest BCUT2D eigenvalue weighted by atomic mass is 10.1. The molecule has 2 aliphatic heterocycles. The Morgan fingerprint density at radius 1 is 1.19 bits per heavy atom. The van der Waals surface area contributed by atoms with Gasteiger partial charge in [-0.25, -0.2) is 4.98 Å². The molecule has 0 aliphatic carbocycles. The number of thiazole rings is 1. The van der Waals surface area contributed by atoms with Gasteiger partial charge in [-0.3, -0.25) is 14.1 Å². The molecule has 0 radical (unpaired) electrons. The largest absolute Gasteiger partial charge is 0.488 e. The molecule has 1 aromatic carbocycles. The predicted octanol–water partition coefficient (Wildman–Crippen LogP) is 4.24. The number of para-hydroxylation sites is 1. The van der Waals surface area contributed by atoms with E-state index < -0.39 is 0 Å². The second-order valence-electron chi connectivity index (χ2n) is 8.77. The van der Waals surface area contributed by atoms with Crippen LogP contribution in [0, 0.1) is 0 Å². The van der Waals surface area contributed by atoms with Gasteiger partial charge in [-0.05, 0) is 31.5 Å². The summed E-state index contributed by atoms with van der Waals surface area (Å²) in [5.74, 6) is 1.09. The van der Waals surface area contributed by atoms with Crippen LogP contribution in [-0.4, -0.2) is 57.9 Å². The number of hydrogen-bond donors (Lipinski definition) is 0. The normalized spacial score (nSPS) is 19.3. The van der Waals surface area contributed by atoms with E-state index in [1.807, 2.05) is 28.6 Å². The van der Waals surface area contributed by atoms with Crippen molar-refractivity contribution < 1.29 is 9.53 Å². The summed E-state index contributed by atoms with van der Waals surface area (Å²) in [6.45, 7) is 3.16. The fourth-order valence-corrected chi connectivity index (χ4v) is 5.51. The molecule has 1 amide bonds. The van der Waals surface area contributed by atoms with Crippen molar-refractivity contribution in [2.45, 2.75) is 51.2 Å². The monoisotopic (exact) mass is 438 g/mol. The molecule has 1 atom stereocenters. The zero-order valence-electron chi connectivity index (χ0n) is 18.1. The number of benzene rings is 1. The lowest BCUT2D eigenvalue weighted by molar-refractivity contribution is 0.0734. The number of hydrogen-bond acceptors (Lipinski definition) is 5. The maximum Gasteiger partial charge on any atom is 0.274 e. The number of imidazole rings is 1. The number of rotatable bonds is 5. The SMILES string of the molecule is CN(Cc1c(C(=O)N2CCCCCCC2)nc2sccn12)CC1Cc2ccccc2O1. The molecule has 3 aromatic rings. The number of amides is 1. The highest BCUT2D eigenvalue weighted by Crippen LogP contribution is 2.29. The van der Waals surface area contributed by atoms with Gasteiger partial charge in [0.2, 0.25) is 0 Å². The molecule has 2 aromatic heterocycles. The van der Waals surface area contributed by atoms with Crippen LogP contribution in [0.5, 0.6) is 5.75 Å². The van der Waals surface area contributed by atoms with Gasteiger partial charge in [0.25, 0.3) is 5.91 Å². The Hall–Kier alpha value is -2.38. The Balaban J connectivity index is 1.32. The Bertz CT molecular complexity index is 1030. The Morgan fingerprint density at radius 2 is 1.97 bits per heavy atom. The highest BCUT2D eigenvalue weighted by molar-refractivity contribution is 7.15. The summed E-state index contributed by atoms with van der Waals surface area (Å²) in [7, 11) is 2.10. The van der Waals surface area contributed by atoms with E-state index in [9.17, 15) is 4.79 Å². The molecule has 31 heavy (non-hydrogen) atoms. The first-order chi connectivity index (χ1) is 15.2. The minimum Gasteiger partial charge on any atom is -0.488 e. The third-order valence-corrected chi connectivity index (χ3v) is 7.11. The van der Waals surface area contributed by atoms with E-state index in [0.29, 0.717) is 12.2 Å². The Labute approximate surface area is 187 Å². The van der Waals surface area contributed by atoms with Crippen molar-refractivity contribution in [3.8, 4) is 5.75 Å². The van der Waals surface area contributed by atoms with Gasteiger partial charge in [0.1, 0.15) is 11.9 Å². The number of carbonyl (C=O) groups is 1. The molecule has 7 heteroatoms. The first kappa shape index (κ1) is 20.5. The van der Waals surface area contributed by atoms with Crippen LogP contribution in [0.1, 0.15) is 53.8 Å². The van der Waals surface area contributed by atoms with Crippen molar-refractivity contribution in [1.29, 1.82) is 0 Å². The Morgan fingerprint density at radius 3 is 2.77 bits per heavy atom. The quantitative estimate of drug-likeness (QED) is 0.598. The topological polar surface area (TPSA) is 50.1 Å². The van der Waals surface area contributed by atoms with Crippen molar-refractivity contribution >= 4 is 22.2 Å². The number of likely N-dealkylation sites (N-methyl/N-ethyl adjacent to an activating group) is 1. The van der Waals surface area contributed by atoms with E-state index in [4.69, 9.17) is 9.72 Å². The molecule has 164 valence electrons. The molecular weight excluding hydrogens is 408 g/mol. The molecule has 2 aliphatic rings. The molecule has 1 fully saturated rings. The molecule has 0 bridgehead atoms. The molecule has 6 nitrogen and oxygen atoms in total. The summed E-state index contributed by atoms with van der Waals surface area (Å²) in [6, 6.07) is 8.27. The van der Waals surface area contributed by atoms with E-state index in [1.165, 1.54) is 24.8 Å². The number of ether oxygens (including phenoxy) is 1. The lowest BCUT2D eigenvalue weighted by Crippen LogP contribution is -2.36. The van der Waals surface area contributed by atoms with Crippen LogP contribution in [0.15, 0.2) is 35.8 Å². The number of aromatic nitrogens is 2. The van der Waals surface area contributed by atoms with E-state index in [0.717, 1.165) is 55.3 Å². The summed E-state index contributed by atoms with van der Waals surface area (Å²) in [5, 5.41) is 2.03. The average molecular weight is 439 g/mol. The van der Waals surface area contributed by atoms with Gasteiger partial charge in [0.15, 0.2) is 10.7 Å². The number of fused-ring (bicyclic) bond motifs is 2. The van der Waals surface area contributed by atoms with Gasteiger partial charge in [0, 0.05) is 44.2 Å². The first-order valence-electron chi connectivity index (χ1n) is 11.4. The lowest BCUT2D eigenvalue weighted by Gasteiger charge is -2.25. The van der Waals surface area contributed by atoms with Gasteiger partial charge in [0.05, 0.1) is 5.69 Å². The highest BCUT2D eigenvalue weighted by Gasteiger charge is 2.27. The van der Waals surface area contributed by atoms with Crippen molar-refractivity contribution in [1.82, 2.24) is 19.2 Å². The zero-order valence-corrected chi connectivity index (χ0v) is 18.9. The highest BCUT2D eigenvalue weighted by atomic mass is 32.1. The maximum absolute atomic E-state index is 13.4. The minimum atomic E-state index is 0.0886. The van der Waals surface area contributed by atoms with E-state index in [1.54, 1.807) is 11.3 Å². The molecule has 0 saturated carbocycles. The number of nitrogens with zero attached hydrogens (tertiary/aromatic N) is 4. The van der Waals surface area contributed by atoms with Crippen molar-refractivity contribution in [3.05, 3.63) is 52.8 Å². The summed E-state index contributed by atoms with van der Waals surface area (Å²) in [6.07, 6.45) is 8.98. The van der Waals surface area contributed by atoms with E-state index in [-0.39, 0.29) is 12.0 Å². The van der Waals surface area contributed by atoms with Gasteiger partial charge in [-0.2, -0.15) is 0 Å². The average Bonchev–Trinajstić information content (AvgIpc) is 3.42. The van der Waals surface area contributed by atoms with E-state index >= 15 is 0 Å². The van der Waals surface area contributed by atoms with Crippen LogP contribution >= 0.6 is 11.3 Å². The van der Waals surface area contributed by atoms with Gasteiger partial charge >= 0.3 is 0 Å². The Kier molecular flexibility index (Phi) is 5.96. The van der Waals surface area contributed by atoms with E-state index in [2.05, 4.69) is 28.5 Å². The van der Waals surface area contributed by atoms with Crippen LogP contribution in [0.2, 0.25) is 0 Å². The molecular formula is C24H30N4O2S. The molecule has 1 unspecified atom stereocenters. The maximum atomic E-state index is 13.4. The third-order valence-electron chi connectivity index (χ3n) is 6.36. The van der Waals surface area contributed by atoms with Crippen LogP contribution in [0.3, 0.4) is 0 Å². The van der Waals surface area contributed by atoms with Crippen LogP contribution < -0.4 is 4.74 Å². The minimum absolute atomic E-state index is 0.0886.